The van der Waals surface area contributed by atoms with Crippen molar-refractivity contribution in [2.45, 2.75) is 23.2 Å². The Hall–Kier alpha value is -4.13. The fourth-order valence-electron chi connectivity index (χ4n) is 4.46. The van der Waals surface area contributed by atoms with E-state index in [0.717, 1.165) is 11.3 Å². The molecule has 210 valence electrons. The van der Waals surface area contributed by atoms with Crippen LogP contribution in [0.15, 0.2) is 114 Å². The average Bonchev–Trinajstić information content (AvgIpc) is 3.51. The SMILES string of the molecule is CCOC(=O)C1=C(c2ccccc2)N=c2s/c(=C/c3cc(Br)c(Sc4ncccn4)o3)c(=O)n2[C@@H]1c1ccc(F)cc1. The van der Waals surface area contributed by atoms with Crippen LogP contribution in [0.2, 0.25) is 0 Å². The van der Waals surface area contributed by atoms with E-state index < -0.39 is 17.8 Å². The standard InChI is InChI=1S/C30H20BrFN4O4S2/c1-2-39-27(38)23-24(17-7-4-3-5-8-17)35-30-36(25(23)18-9-11-19(32)12-10-18)26(37)22(41-30)16-20-15-21(31)28(40-20)42-29-33-13-6-14-34-29/h3-16,25H,2H2,1H3/b22-16+/t25-/m1/s1. The van der Waals surface area contributed by atoms with Crippen LogP contribution in [0.5, 0.6) is 0 Å². The van der Waals surface area contributed by atoms with Crippen LogP contribution < -0.4 is 14.9 Å². The summed E-state index contributed by atoms with van der Waals surface area (Å²) in [6, 6.07) is 17.5. The van der Waals surface area contributed by atoms with E-state index in [4.69, 9.17) is 14.1 Å². The summed E-state index contributed by atoms with van der Waals surface area (Å²) in [5.74, 6) is -0.616. The molecule has 3 aromatic heterocycles. The number of halogens is 2. The molecule has 8 nitrogen and oxygen atoms in total. The summed E-state index contributed by atoms with van der Waals surface area (Å²) in [7, 11) is 0. The highest BCUT2D eigenvalue weighted by molar-refractivity contribution is 9.10. The van der Waals surface area contributed by atoms with Crippen LogP contribution in [0.3, 0.4) is 0 Å². The second-order valence-electron chi connectivity index (χ2n) is 8.90. The van der Waals surface area contributed by atoms with Crippen LogP contribution in [0.1, 0.15) is 29.9 Å². The molecule has 2 aromatic carbocycles. The number of hydrogen-bond donors (Lipinski definition) is 0. The van der Waals surface area contributed by atoms with Crippen molar-refractivity contribution in [3.8, 4) is 0 Å². The topological polar surface area (TPSA) is 99.6 Å². The zero-order chi connectivity index (χ0) is 29.2. The Kier molecular flexibility index (Phi) is 8.00. The van der Waals surface area contributed by atoms with Gasteiger partial charge in [-0.15, -0.1) is 0 Å². The van der Waals surface area contributed by atoms with Crippen molar-refractivity contribution in [2.75, 3.05) is 6.61 Å². The lowest BCUT2D eigenvalue weighted by Gasteiger charge is -2.25. The number of ether oxygens (including phenoxy) is 1. The fourth-order valence-corrected chi connectivity index (χ4v) is 6.68. The molecule has 1 aliphatic rings. The molecule has 5 aromatic rings. The number of furan rings is 1. The van der Waals surface area contributed by atoms with Crippen molar-refractivity contribution >= 4 is 56.8 Å². The summed E-state index contributed by atoms with van der Waals surface area (Å²) in [4.78, 5) is 41.0. The molecule has 42 heavy (non-hydrogen) atoms. The summed E-state index contributed by atoms with van der Waals surface area (Å²) < 4.78 is 27.9. The third kappa shape index (κ3) is 5.52. The lowest BCUT2D eigenvalue weighted by Crippen LogP contribution is -2.40. The number of thiazole rings is 1. The molecule has 0 aliphatic carbocycles. The van der Waals surface area contributed by atoms with E-state index in [1.54, 1.807) is 49.7 Å². The molecule has 0 spiro atoms. The number of aromatic nitrogens is 3. The Morgan fingerprint density at radius 1 is 1.14 bits per heavy atom. The van der Waals surface area contributed by atoms with E-state index in [2.05, 4.69) is 25.9 Å². The minimum Gasteiger partial charge on any atom is -0.463 e. The van der Waals surface area contributed by atoms with E-state index in [9.17, 15) is 14.0 Å². The van der Waals surface area contributed by atoms with Crippen molar-refractivity contribution in [3.63, 3.8) is 0 Å². The molecular formula is C30H20BrFN4O4S2. The molecule has 0 N–H and O–H groups in total. The molecule has 0 bridgehead atoms. The van der Waals surface area contributed by atoms with Gasteiger partial charge in [-0.3, -0.25) is 9.36 Å². The molecule has 12 heteroatoms. The van der Waals surface area contributed by atoms with Gasteiger partial charge in [0.15, 0.2) is 15.1 Å². The molecule has 0 unspecified atom stereocenters. The Morgan fingerprint density at radius 2 is 1.88 bits per heavy atom. The van der Waals surface area contributed by atoms with Crippen LogP contribution in [-0.2, 0) is 9.53 Å². The highest BCUT2D eigenvalue weighted by Crippen LogP contribution is 2.36. The molecule has 0 saturated carbocycles. The molecule has 1 atom stereocenters. The molecular weight excluding hydrogens is 643 g/mol. The Morgan fingerprint density at radius 3 is 2.60 bits per heavy atom. The first-order valence-corrected chi connectivity index (χ1v) is 15.1. The minimum absolute atomic E-state index is 0.132. The summed E-state index contributed by atoms with van der Waals surface area (Å²) in [6.07, 6.45) is 4.90. The van der Waals surface area contributed by atoms with E-state index in [1.807, 2.05) is 30.3 Å². The predicted molar refractivity (Wildman–Crippen MR) is 160 cm³/mol. The van der Waals surface area contributed by atoms with Gasteiger partial charge in [0.05, 0.1) is 32.9 Å². The van der Waals surface area contributed by atoms with Crippen LogP contribution in [0.25, 0.3) is 11.8 Å². The lowest BCUT2D eigenvalue weighted by atomic mass is 9.93. The number of rotatable bonds is 7. The van der Waals surface area contributed by atoms with Gasteiger partial charge >= 0.3 is 5.97 Å². The highest BCUT2D eigenvalue weighted by Gasteiger charge is 2.35. The number of esters is 1. The summed E-state index contributed by atoms with van der Waals surface area (Å²) >= 11 is 5.91. The molecule has 4 heterocycles. The fraction of sp³-hybridized carbons (Fsp3) is 0.100. The van der Waals surface area contributed by atoms with E-state index >= 15 is 0 Å². The maximum Gasteiger partial charge on any atom is 0.338 e. The first-order valence-electron chi connectivity index (χ1n) is 12.7. The quantitative estimate of drug-likeness (QED) is 0.171. The Balaban J connectivity index is 1.54. The van der Waals surface area contributed by atoms with Gasteiger partial charge in [-0.05, 0) is 64.4 Å². The number of benzene rings is 2. The third-order valence-electron chi connectivity index (χ3n) is 6.23. The van der Waals surface area contributed by atoms with Crippen molar-refractivity contribution in [3.05, 3.63) is 132 Å². The number of hydrogen-bond acceptors (Lipinski definition) is 9. The average molecular weight is 664 g/mol. The van der Waals surface area contributed by atoms with Gasteiger partial charge in [-0.1, -0.05) is 53.8 Å². The third-order valence-corrected chi connectivity index (χ3v) is 8.95. The zero-order valence-corrected chi connectivity index (χ0v) is 25.1. The van der Waals surface area contributed by atoms with E-state index in [1.165, 1.54) is 28.5 Å². The second-order valence-corrected chi connectivity index (χ2v) is 11.7. The molecule has 6 rings (SSSR count). The number of fused-ring (bicyclic) bond motifs is 1. The van der Waals surface area contributed by atoms with Gasteiger partial charge < -0.3 is 9.15 Å². The monoisotopic (exact) mass is 662 g/mol. The van der Waals surface area contributed by atoms with Crippen molar-refractivity contribution in [2.24, 2.45) is 4.99 Å². The van der Waals surface area contributed by atoms with Crippen LogP contribution in [0, 0.1) is 5.82 Å². The molecule has 1 aliphatic heterocycles. The van der Waals surface area contributed by atoms with Crippen molar-refractivity contribution < 1.29 is 18.3 Å². The maximum atomic E-state index is 14.0. The van der Waals surface area contributed by atoms with Gasteiger partial charge in [0, 0.05) is 24.0 Å². The van der Waals surface area contributed by atoms with Crippen molar-refractivity contribution in [1.82, 2.24) is 14.5 Å². The zero-order valence-electron chi connectivity index (χ0n) is 21.9. The molecule has 0 fully saturated rings. The van der Waals surface area contributed by atoms with Gasteiger partial charge in [0.1, 0.15) is 11.6 Å². The predicted octanol–water partition coefficient (Wildman–Crippen LogP) is 5.37. The second kappa shape index (κ2) is 12.0. The Bertz CT molecular complexity index is 1990. The largest absolute Gasteiger partial charge is 0.463 e. The highest BCUT2D eigenvalue weighted by atomic mass is 79.9. The summed E-state index contributed by atoms with van der Waals surface area (Å²) in [5.41, 5.74) is 1.42. The smallest absolute Gasteiger partial charge is 0.338 e. The van der Waals surface area contributed by atoms with Crippen LogP contribution in [0.4, 0.5) is 4.39 Å². The van der Waals surface area contributed by atoms with E-state index in [-0.39, 0.29) is 17.7 Å². The molecule has 0 saturated heterocycles. The van der Waals surface area contributed by atoms with Crippen LogP contribution in [-0.4, -0.2) is 27.1 Å². The van der Waals surface area contributed by atoms with Gasteiger partial charge in [0.2, 0.25) is 0 Å². The molecule has 0 amide bonds. The maximum absolute atomic E-state index is 14.0. The number of carbonyl (C=O) groups is 1. The van der Waals surface area contributed by atoms with Gasteiger partial charge in [-0.2, -0.15) is 0 Å². The lowest BCUT2D eigenvalue weighted by molar-refractivity contribution is -0.138. The number of carbonyl (C=O) groups excluding carboxylic acids is 1. The van der Waals surface area contributed by atoms with Gasteiger partial charge in [0.25, 0.3) is 5.56 Å². The normalized spacial score (nSPS) is 14.9. The summed E-state index contributed by atoms with van der Waals surface area (Å²) in [6.45, 7) is 1.84. The first kappa shape index (κ1) is 28.0. The first-order chi connectivity index (χ1) is 20.4. The van der Waals surface area contributed by atoms with Crippen LogP contribution >= 0.6 is 39.0 Å². The summed E-state index contributed by atoms with van der Waals surface area (Å²) in [5, 5.41) is 1.04. The van der Waals surface area contributed by atoms with E-state index in [0.29, 0.717) is 46.6 Å². The van der Waals surface area contributed by atoms with Gasteiger partial charge in [-0.25, -0.2) is 24.1 Å². The number of nitrogens with zero attached hydrogens (tertiary/aromatic N) is 4. The Labute approximate surface area is 255 Å². The molecule has 0 radical (unpaired) electrons. The van der Waals surface area contributed by atoms with Crippen molar-refractivity contribution in [1.29, 1.82) is 0 Å². The minimum atomic E-state index is -0.900.